The molecule has 0 aliphatic rings. The van der Waals surface area contributed by atoms with Gasteiger partial charge in [-0.25, -0.2) is 4.79 Å². The van der Waals surface area contributed by atoms with Gasteiger partial charge in [0.25, 0.3) is 0 Å². The summed E-state index contributed by atoms with van der Waals surface area (Å²) in [6.45, 7) is 4.40. The number of hydrogen-bond donors (Lipinski definition) is 1. The third-order valence-corrected chi connectivity index (χ3v) is 4.95. The zero-order valence-corrected chi connectivity index (χ0v) is 18.6. The van der Waals surface area contributed by atoms with E-state index in [4.69, 9.17) is 9.47 Å². The van der Waals surface area contributed by atoms with Gasteiger partial charge in [0.05, 0.1) is 6.61 Å². The molecule has 4 nitrogen and oxygen atoms in total. The van der Waals surface area contributed by atoms with Crippen molar-refractivity contribution in [3.8, 4) is 22.6 Å². The normalized spacial score (nSPS) is 10.8. The molecule has 4 aromatic rings. The lowest BCUT2D eigenvalue weighted by Gasteiger charge is -2.20. The molecule has 0 fully saturated rings. The van der Waals surface area contributed by atoms with Crippen LogP contribution in [0.4, 0.5) is 0 Å². The second-order valence-corrected chi connectivity index (χ2v) is 7.71. The summed E-state index contributed by atoms with van der Waals surface area (Å²) in [5.41, 5.74) is 1.77. The van der Waals surface area contributed by atoms with E-state index in [2.05, 4.69) is 32.0 Å². The molecule has 31 heavy (non-hydrogen) atoms. The van der Waals surface area contributed by atoms with Crippen LogP contribution in [0.3, 0.4) is 0 Å². The lowest BCUT2D eigenvalue weighted by atomic mass is 9.92. The van der Waals surface area contributed by atoms with E-state index in [1.165, 1.54) is 0 Å². The standard InChI is InChI=1S/C26H24O4.H2S/c1-17(2)15-29-22-13-11-18-7-3-5-9-20(18)25(22)26-21-10-6-4-8-19(21)12-14-23(26)30-16-24(27)28;/h3-14,17H,15-16H2,1-2H3,(H,27,28);1H2. The Kier molecular flexibility index (Phi) is 7.08. The molecular weight excluding hydrogens is 408 g/mol. The van der Waals surface area contributed by atoms with Gasteiger partial charge in [-0.05, 0) is 39.6 Å². The molecule has 4 aromatic carbocycles. The molecular formula is C26H26O4S. The number of ether oxygens (including phenoxy) is 2. The minimum absolute atomic E-state index is 0. The topological polar surface area (TPSA) is 55.8 Å². The number of carbonyl (C=O) groups is 1. The SMILES string of the molecule is CC(C)COc1ccc2ccccc2c1-c1c(OCC(=O)O)ccc2ccccc12.S. The van der Waals surface area contributed by atoms with E-state index >= 15 is 0 Å². The summed E-state index contributed by atoms with van der Waals surface area (Å²) in [4.78, 5) is 11.2. The molecule has 0 amide bonds. The van der Waals surface area contributed by atoms with Crippen LogP contribution in [-0.2, 0) is 4.79 Å². The molecule has 5 heteroatoms. The highest BCUT2D eigenvalue weighted by Crippen LogP contribution is 2.45. The Morgan fingerprint density at radius 2 is 1.26 bits per heavy atom. The number of benzene rings is 4. The Morgan fingerprint density at radius 1 is 0.774 bits per heavy atom. The highest BCUT2D eigenvalue weighted by molar-refractivity contribution is 7.59. The van der Waals surface area contributed by atoms with Crippen LogP contribution in [0.5, 0.6) is 11.5 Å². The van der Waals surface area contributed by atoms with Crippen molar-refractivity contribution in [2.45, 2.75) is 13.8 Å². The van der Waals surface area contributed by atoms with E-state index < -0.39 is 12.6 Å². The summed E-state index contributed by atoms with van der Waals surface area (Å²) in [5, 5.41) is 13.3. The average molecular weight is 435 g/mol. The van der Waals surface area contributed by atoms with Crippen molar-refractivity contribution in [2.75, 3.05) is 13.2 Å². The molecule has 0 aromatic heterocycles. The number of carboxylic acid groups (broad SMARTS) is 1. The molecule has 0 aliphatic carbocycles. The fourth-order valence-electron chi connectivity index (χ4n) is 3.66. The first-order chi connectivity index (χ1) is 14.5. The summed E-state index contributed by atoms with van der Waals surface area (Å²) in [5.74, 6) is 0.656. The van der Waals surface area contributed by atoms with Gasteiger partial charge in [-0.15, -0.1) is 0 Å². The van der Waals surface area contributed by atoms with Gasteiger partial charge in [-0.2, -0.15) is 13.5 Å². The molecule has 160 valence electrons. The predicted molar refractivity (Wildman–Crippen MR) is 131 cm³/mol. The molecule has 0 atom stereocenters. The van der Waals surface area contributed by atoms with E-state index in [-0.39, 0.29) is 13.5 Å². The van der Waals surface area contributed by atoms with Crippen molar-refractivity contribution in [2.24, 2.45) is 5.92 Å². The second-order valence-electron chi connectivity index (χ2n) is 7.71. The third kappa shape index (κ3) is 4.78. The van der Waals surface area contributed by atoms with Crippen molar-refractivity contribution in [1.29, 1.82) is 0 Å². The van der Waals surface area contributed by atoms with Gasteiger partial charge in [0.15, 0.2) is 6.61 Å². The Bertz CT molecular complexity index is 1220. The molecule has 0 saturated carbocycles. The van der Waals surface area contributed by atoms with E-state index in [1.807, 2.05) is 54.6 Å². The maximum Gasteiger partial charge on any atom is 0.341 e. The minimum atomic E-state index is -1.01. The van der Waals surface area contributed by atoms with Crippen LogP contribution >= 0.6 is 13.5 Å². The maximum absolute atomic E-state index is 11.2. The molecule has 0 aliphatic heterocycles. The van der Waals surface area contributed by atoms with Crippen LogP contribution in [0.25, 0.3) is 32.7 Å². The molecule has 1 N–H and O–H groups in total. The van der Waals surface area contributed by atoms with Crippen LogP contribution < -0.4 is 9.47 Å². The first kappa shape index (κ1) is 22.5. The first-order valence-electron chi connectivity index (χ1n) is 10.1. The maximum atomic E-state index is 11.2. The van der Waals surface area contributed by atoms with Gasteiger partial charge in [-0.1, -0.05) is 74.5 Å². The highest BCUT2D eigenvalue weighted by Gasteiger charge is 2.19. The Hall–Kier alpha value is -3.18. The minimum Gasteiger partial charge on any atom is -0.493 e. The Morgan fingerprint density at radius 3 is 1.74 bits per heavy atom. The lowest BCUT2D eigenvalue weighted by Crippen LogP contribution is -2.10. The second kappa shape index (κ2) is 9.75. The van der Waals surface area contributed by atoms with Crippen molar-refractivity contribution < 1.29 is 19.4 Å². The molecule has 4 rings (SSSR count). The predicted octanol–water partition coefficient (Wildman–Crippen LogP) is 6.27. The lowest BCUT2D eigenvalue weighted by molar-refractivity contribution is -0.139. The molecule has 0 radical (unpaired) electrons. The number of rotatable bonds is 7. The van der Waals surface area contributed by atoms with Crippen molar-refractivity contribution in [3.63, 3.8) is 0 Å². The summed E-state index contributed by atoms with van der Waals surface area (Å²) in [7, 11) is 0. The summed E-state index contributed by atoms with van der Waals surface area (Å²) >= 11 is 0. The molecule has 0 saturated heterocycles. The van der Waals surface area contributed by atoms with Crippen LogP contribution in [-0.4, -0.2) is 24.3 Å². The van der Waals surface area contributed by atoms with E-state index in [0.29, 0.717) is 18.3 Å². The summed E-state index contributed by atoms with van der Waals surface area (Å²) in [6.07, 6.45) is 0. The monoisotopic (exact) mass is 434 g/mol. The van der Waals surface area contributed by atoms with Gasteiger partial charge in [0, 0.05) is 11.1 Å². The van der Waals surface area contributed by atoms with E-state index in [1.54, 1.807) is 0 Å². The van der Waals surface area contributed by atoms with Crippen LogP contribution in [0.2, 0.25) is 0 Å². The number of fused-ring (bicyclic) bond motifs is 2. The third-order valence-electron chi connectivity index (χ3n) is 4.95. The van der Waals surface area contributed by atoms with E-state index in [0.717, 1.165) is 38.4 Å². The zero-order chi connectivity index (χ0) is 21.1. The summed E-state index contributed by atoms with van der Waals surface area (Å²) in [6, 6.07) is 24.0. The van der Waals surface area contributed by atoms with Crippen LogP contribution in [0, 0.1) is 5.92 Å². The molecule has 0 spiro atoms. The van der Waals surface area contributed by atoms with Crippen molar-refractivity contribution in [1.82, 2.24) is 0 Å². The highest BCUT2D eigenvalue weighted by atomic mass is 32.1. The Balaban J connectivity index is 0.00000272. The van der Waals surface area contributed by atoms with Crippen LogP contribution in [0.15, 0.2) is 72.8 Å². The van der Waals surface area contributed by atoms with Gasteiger partial charge >= 0.3 is 5.97 Å². The molecule has 0 heterocycles. The number of aliphatic carboxylic acids is 1. The van der Waals surface area contributed by atoms with Gasteiger partial charge < -0.3 is 14.6 Å². The number of hydrogen-bond acceptors (Lipinski definition) is 3. The van der Waals surface area contributed by atoms with E-state index in [9.17, 15) is 9.90 Å². The zero-order valence-electron chi connectivity index (χ0n) is 17.6. The first-order valence-corrected chi connectivity index (χ1v) is 10.1. The van der Waals surface area contributed by atoms with Gasteiger partial charge in [-0.3, -0.25) is 0 Å². The summed E-state index contributed by atoms with van der Waals surface area (Å²) < 4.78 is 12.0. The quantitative estimate of drug-likeness (QED) is 0.372. The number of carboxylic acids is 1. The Labute approximate surface area is 188 Å². The molecule has 0 bridgehead atoms. The fraction of sp³-hybridized carbons (Fsp3) is 0.192. The molecule has 0 unspecified atom stereocenters. The van der Waals surface area contributed by atoms with Gasteiger partial charge in [0.2, 0.25) is 0 Å². The smallest absolute Gasteiger partial charge is 0.341 e. The van der Waals surface area contributed by atoms with Crippen molar-refractivity contribution >= 4 is 41.0 Å². The van der Waals surface area contributed by atoms with Crippen molar-refractivity contribution in [3.05, 3.63) is 72.8 Å². The average Bonchev–Trinajstić information content (AvgIpc) is 2.75. The largest absolute Gasteiger partial charge is 0.493 e. The fourth-order valence-corrected chi connectivity index (χ4v) is 3.66. The van der Waals surface area contributed by atoms with Gasteiger partial charge in [0.1, 0.15) is 11.5 Å². The van der Waals surface area contributed by atoms with Crippen LogP contribution in [0.1, 0.15) is 13.8 Å².